The van der Waals surface area contributed by atoms with E-state index >= 15 is 0 Å². The van der Waals surface area contributed by atoms with Crippen molar-refractivity contribution < 1.29 is 0 Å². The molecule has 78 valence electrons. The summed E-state index contributed by atoms with van der Waals surface area (Å²) in [4.78, 5) is 2.59. The smallest absolute Gasteiger partial charge is 0.0594 e. The van der Waals surface area contributed by atoms with Gasteiger partial charge in [-0.15, -0.1) is 0 Å². The number of nitrogens with one attached hydrogen (secondary N) is 1. The van der Waals surface area contributed by atoms with E-state index in [2.05, 4.69) is 31.1 Å². The first-order valence-electron chi connectivity index (χ1n) is 5.65. The van der Waals surface area contributed by atoms with Gasteiger partial charge in [0.15, 0.2) is 0 Å². The minimum atomic E-state index is 0.630. The Morgan fingerprint density at radius 3 is 2.23 bits per heavy atom. The second-order valence-electron chi connectivity index (χ2n) is 4.52. The van der Waals surface area contributed by atoms with Crippen LogP contribution in [0.4, 0.5) is 0 Å². The van der Waals surface area contributed by atoms with Crippen molar-refractivity contribution in [2.45, 2.75) is 45.7 Å². The third kappa shape index (κ3) is 3.65. The van der Waals surface area contributed by atoms with E-state index in [1.165, 1.54) is 38.8 Å². The molecule has 0 saturated carbocycles. The molecular formula is C11H24N2. The Bertz CT molecular complexity index is 128. The van der Waals surface area contributed by atoms with E-state index in [1.54, 1.807) is 0 Å². The van der Waals surface area contributed by atoms with Crippen LogP contribution in [0.15, 0.2) is 0 Å². The third-order valence-electron chi connectivity index (χ3n) is 2.93. The van der Waals surface area contributed by atoms with Crippen molar-refractivity contribution in [2.24, 2.45) is 5.92 Å². The molecule has 1 aliphatic rings. The van der Waals surface area contributed by atoms with Crippen LogP contribution in [0.2, 0.25) is 0 Å². The molecule has 2 heteroatoms. The first-order valence-corrected chi connectivity index (χ1v) is 5.65. The first-order chi connectivity index (χ1) is 6.24. The van der Waals surface area contributed by atoms with E-state index in [-0.39, 0.29) is 0 Å². The zero-order valence-corrected chi connectivity index (χ0v) is 9.34. The first kappa shape index (κ1) is 11.0. The molecule has 1 N–H and O–H groups in total. The van der Waals surface area contributed by atoms with Gasteiger partial charge in [-0.1, -0.05) is 13.8 Å². The van der Waals surface area contributed by atoms with Gasteiger partial charge in [-0.2, -0.15) is 0 Å². The lowest BCUT2D eigenvalue weighted by Gasteiger charge is -2.27. The van der Waals surface area contributed by atoms with Crippen molar-refractivity contribution in [3.8, 4) is 0 Å². The second kappa shape index (κ2) is 5.61. The summed E-state index contributed by atoms with van der Waals surface area (Å²) in [5.74, 6) is 0.832. The summed E-state index contributed by atoms with van der Waals surface area (Å²) < 4.78 is 0. The van der Waals surface area contributed by atoms with Crippen LogP contribution in [0.3, 0.4) is 0 Å². The van der Waals surface area contributed by atoms with Gasteiger partial charge in [-0.25, -0.2) is 0 Å². The molecule has 1 rings (SSSR count). The monoisotopic (exact) mass is 184 g/mol. The molecule has 1 heterocycles. The summed E-state index contributed by atoms with van der Waals surface area (Å²) >= 11 is 0. The van der Waals surface area contributed by atoms with E-state index in [9.17, 15) is 0 Å². The Kier molecular flexibility index (Phi) is 4.74. The molecule has 1 unspecified atom stereocenters. The molecule has 0 spiro atoms. The van der Waals surface area contributed by atoms with Gasteiger partial charge in [-0.05, 0) is 51.7 Å². The minimum absolute atomic E-state index is 0.630. The highest BCUT2D eigenvalue weighted by Gasteiger charge is 2.19. The average Bonchev–Trinajstić information content (AvgIpc) is 2.58. The summed E-state index contributed by atoms with van der Waals surface area (Å²) in [5, 5.41) is 3.43. The van der Waals surface area contributed by atoms with Crippen molar-refractivity contribution >= 4 is 0 Å². The molecule has 1 fully saturated rings. The maximum atomic E-state index is 3.43. The lowest BCUT2D eigenvalue weighted by molar-refractivity contribution is 0.194. The molecule has 0 amide bonds. The summed E-state index contributed by atoms with van der Waals surface area (Å²) in [7, 11) is 2.09. The molecule has 1 aliphatic heterocycles. The van der Waals surface area contributed by atoms with Crippen LogP contribution in [0.25, 0.3) is 0 Å². The zero-order valence-electron chi connectivity index (χ0n) is 9.34. The molecule has 0 aromatic rings. The van der Waals surface area contributed by atoms with Gasteiger partial charge in [-0.3, -0.25) is 4.90 Å². The summed E-state index contributed by atoms with van der Waals surface area (Å²) in [5.41, 5.74) is 0. The van der Waals surface area contributed by atoms with Crippen LogP contribution in [0.5, 0.6) is 0 Å². The van der Waals surface area contributed by atoms with Crippen LogP contribution in [0.1, 0.15) is 39.5 Å². The topological polar surface area (TPSA) is 15.3 Å². The quantitative estimate of drug-likeness (QED) is 0.703. The predicted octanol–water partition coefficient (Wildman–Crippen LogP) is 2.06. The van der Waals surface area contributed by atoms with Gasteiger partial charge >= 0.3 is 0 Å². The van der Waals surface area contributed by atoms with Crippen LogP contribution >= 0.6 is 0 Å². The Morgan fingerprint density at radius 1 is 1.15 bits per heavy atom. The van der Waals surface area contributed by atoms with Crippen molar-refractivity contribution in [3.63, 3.8) is 0 Å². The number of hydrogen-bond acceptors (Lipinski definition) is 2. The molecule has 1 atom stereocenters. The molecule has 0 aromatic heterocycles. The van der Waals surface area contributed by atoms with Crippen LogP contribution in [-0.2, 0) is 0 Å². The third-order valence-corrected chi connectivity index (χ3v) is 2.93. The fourth-order valence-electron chi connectivity index (χ4n) is 2.05. The van der Waals surface area contributed by atoms with E-state index in [0.717, 1.165) is 5.92 Å². The maximum absolute atomic E-state index is 3.43. The Hall–Kier alpha value is -0.0800. The standard InChI is InChI=1S/C11H24N2/c1-10(2)6-7-11(12-3)13-8-4-5-9-13/h10-12H,4-9H2,1-3H3. The van der Waals surface area contributed by atoms with Crippen LogP contribution in [-0.4, -0.2) is 31.2 Å². The largest absolute Gasteiger partial charge is 0.305 e. The van der Waals surface area contributed by atoms with Gasteiger partial charge in [0.05, 0.1) is 6.17 Å². The Labute approximate surface area is 82.7 Å². The van der Waals surface area contributed by atoms with Gasteiger partial charge in [0.1, 0.15) is 0 Å². The van der Waals surface area contributed by atoms with E-state index in [1.807, 2.05) is 0 Å². The van der Waals surface area contributed by atoms with Crippen LogP contribution < -0.4 is 5.32 Å². The number of nitrogens with zero attached hydrogens (tertiary/aromatic N) is 1. The predicted molar refractivity (Wildman–Crippen MR) is 57.7 cm³/mol. The van der Waals surface area contributed by atoms with Gasteiger partial charge in [0, 0.05) is 0 Å². The minimum Gasteiger partial charge on any atom is -0.305 e. The van der Waals surface area contributed by atoms with E-state index < -0.39 is 0 Å². The number of rotatable bonds is 5. The normalized spacial score (nSPS) is 21.2. The van der Waals surface area contributed by atoms with Gasteiger partial charge in [0.25, 0.3) is 0 Å². The molecule has 2 nitrogen and oxygen atoms in total. The number of hydrogen-bond donors (Lipinski definition) is 1. The van der Waals surface area contributed by atoms with Gasteiger partial charge < -0.3 is 5.32 Å². The fourth-order valence-corrected chi connectivity index (χ4v) is 2.05. The number of likely N-dealkylation sites (tertiary alicyclic amines) is 1. The zero-order chi connectivity index (χ0) is 9.68. The average molecular weight is 184 g/mol. The summed E-state index contributed by atoms with van der Waals surface area (Å²) in [6, 6.07) is 0. The Balaban J connectivity index is 2.24. The molecule has 0 bridgehead atoms. The molecule has 0 radical (unpaired) electrons. The highest BCUT2D eigenvalue weighted by atomic mass is 15.3. The second-order valence-corrected chi connectivity index (χ2v) is 4.52. The molecule has 0 aliphatic carbocycles. The Morgan fingerprint density at radius 2 is 1.77 bits per heavy atom. The molecule has 0 aromatic carbocycles. The summed E-state index contributed by atoms with van der Waals surface area (Å²) in [6.45, 7) is 7.20. The highest BCUT2D eigenvalue weighted by molar-refractivity contribution is 4.73. The lowest BCUT2D eigenvalue weighted by atomic mass is 10.1. The molecular weight excluding hydrogens is 160 g/mol. The van der Waals surface area contributed by atoms with E-state index in [4.69, 9.17) is 0 Å². The molecule has 1 saturated heterocycles. The van der Waals surface area contributed by atoms with Crippen LogP contribution in [0, 0.1) is 5.92 Å². The van der Waals surface area contributed by atoms with Crippen molar-refractivity contribution in [2.75, 3.05) is 20.1 Å². The fraction of sp³-hybridized carbons (Fsp3) is 1.00. The van der Waals surface area contributed by atoms with Crippen molar-refractivity contribution in [1.82, 2.24) is 10.2 Å². The van der Waals surface area contributed by atoms with Gasteiger partial charge in [0.2, 0.25) is 0 Å². The van der Waals surface area contributed by atoms with Crippen molar-refractivity contribution in [3.05, 3.63) is 0 Å². The summed E-state index contributed by atoms with van der Waals surface area (Å²) in [6.07, 6.45) is 6.04. The highest BCUT2D eigenvalue weighted by Crippen LogP contribution is 2.15. The van der Waals surface area contributed by atoms with E-state index in [0.29, 0.717) is 6.17 Å². The van der Waals surface area contributed by atoms with Crippen molar-refractivity contribution in [1.29, 1.82) is 0 Å². The molecule has 13 heavy (non-hydrogen) atoms. The lowest BCUT2D eigenvalue weighted by Crippen LogP contribution is -2.42. The maximum Gasteiger partial charge on any atom is 0.0594 e. The SMILES string of the molecule is CNC(CCC(C)C)N1CCCC1.